The molecule has 1 rings (SSSR count). The van der Waals surface area contributed by atoms with Crippen LogP contribution in [-0.4, -0.2) is 5.37 Å². The number of halogens is 1. The average Bonchev–Trinajstić information content (AvgIpc) is 2.05. The number of alkyl halides is 1. The zero-order valence-corrected chi connectivity index (χ0v) is 6.82. The maximum Gasteiger partial charge on any atom is 0.0948 e. The highest BCUT2D eigenvalue weighted by Crippen LogP contribution is 2.16. The zero-order valence-electron chi connectivity index (χ0n) is 5.25. The quantitative estimate of drug-likeness (QED) is 0.485. The molecule has 0 saturated carbocycles. The van der Waals surface area contributed by atoms with Crippen LogP contribution in [0.5, 0.6) is 0 Å². The summed E-state index contributed by atoms with van der Waals surface area (Å²) in [6.45, 7) is 0. The van der Waals surface area contributed by atoms with Gasteiger partial charge in [0.25, 0.3) is 0 Å². The van der Waals surface area contributed by atoms with Gasteiger partial charge in [-0.05, 0) is 5.56 Å². The Hall–Kier alpha value is -0.400. The van der Waals surface area contributed by atoms with Crippen LogP contribution in [0.3, 0.4) is 0 Å². The zero-order chi connectivity index (χ0) is 7.40. The first kappa shape index (κ1) is 7.70. The van der Waals surface area contributed by atoms with E-state index >= 15 is 0 Å². The first-order valence-corrected chi connectivity index (χ1v) is 3.76. The second-order valence-corrected chi connectivity index (χ2v) is 2.56. The largest absolute Gasteiger partial charge is 0.112 e. The van der Waals surface area contributed by atoms with Gasteiger partial charge in [0.15, 0.2) is 0 Å². The summed E-state index contributed by atoms with van der Waals surface area (Å²) in [6.07, 6.45) is 0. The lowest BCUT2D eigenvalue weighted by Crippen LogP contribution is -1.87. The second-order valence-electron chi connectivity index (χ2n) is 1.89. The molecule has 1 radical (unpaired) electrons. The molecule has 1 aromatic rings. The lowest BCUT2D eigenvalue weighted by molar-refractivity contribution is 1.33. The summed E-state index contributed by atoms with van der Waals surface area (Å²) in [5, 5.41) is 2.28. The van der Waals surface area contributed by atoms with Crippen molar-refractivity contribution in [2.24, 2.45) is 0 Å². The smallest absolute Gasteiger partial charge is 0.0948 e. The third-order valence-corrected chi connectivity index (χ3v) is 1.92. The van der Waals surface area contributed by atoms with Crippen LogP contribution in [0.25, 0.3) is 0 Å². The standard InChI is InChI=1S/C8H6ClS/c9-8(6-10)7-4-2-1-3-5-7/h1-5,8H/t8-/m1/s1. The van der Waals surface area contributed by atoms with Gasteiger partial charge < -0.3 is 0 Å². The van der Waals surface area contributed by atoms with Crippen molar-refractivity contribution in [1.82, 2.24) is 0 Å². The van der Waals surface area contributed by atoms with E-state index in [1.54, 1.807) is 0 Å². The Morgan fingerprint density at radius 1 is 1.30 bits per heavy atom. The van der Waals surface area contributed by atoms with E-state index in [1.807, 2.05) is 30.3 Å². The van der Waals surface area contributed by atoms with Gasteiger partial charge in [0.2, 0.25) is 0 Å². The van der Waals surface area contributed by atoms with E-state index in [-0.39, 0.29) is 5.38 Å². The molecule has 2 heteroatoms. The predicted octanol–water partition coefficient (Wildman–Crippen LogP) is 2.84. The minimum Gasteiger partial charge on any atom is -0.112 e. The summed E-state index contributed by atoms with van der Waals surface area (Å²) in [7, 11) is 0. The molecule has 0 saturated heterocycles. The molecule has 0 unspecified atom stereocenters. The molecule has 1 atom stereocenters. The fourth-order valence-corrected chi connectivity index (χ4v) is 0.972. The summed E-state index contributed by atoms with van der Waals surface area (Å²) in [5.74, 6) is 0. The molecular weight excluding hydrogens is 164 g/mol. The van der Waals surface area contributed by atoms with Gasteiger partial charge in [-0.25, -0.2) is 0 Å². The SMILES string of the molecule is S=[C][C@@H](Cl)c1ccccc1. The third kappa shape index (κ3) is 1.79. The van der Waals surface area contributed by atoms with Crippen LogP contribution in [0.4, 0.5) is 0 Å². The van der Waals surface area contributed by atoms with E-state index in [1.165, 1.54) is 0 Å². The topological polar surface area (TPSA) is 0 Å². The normalized spacial score (nSPS) is 12.5. The highest BCUT2D eigenvalue weighted by molar-refractivity contribution is 7.79. The average molecular weight is 170 g/mol. The Labute approximate surface area is 70.8 Å². The second kappa shape index (κ2) is 3.69. The lowest BCUT2D eigenvalue weighted by atomic mass is 10.2. The Balaban J connectivity index is 2.84. The molecule has 0 aliphatic rings. The van der Waals surface area contributed by atoms with Crippen LogP contribution in [0.2, 0.25) is 0 Å². The van der Waals surface area contributed by atoms with Gasteiger partial charge in [-0.3, -0.25) is 0 Å². The number of hydrogen-bond donors (Lipinski definition) is 0. The molecule has 10 heavy (non-hydrogen) atoms. The van der Waals surface area contributed by atoms with Crippen LogP contribution in [0.1, 0.15) is 10.9 Å². The Morgan fingerprint density at radius 2 is 1.90 bits per heavy atom. The van der Waals surface area contributed by atoms with Gasteiger partial charge in [-0.15, -0.1) is 11.6 Å². The highest BCUT2D eigenvalue weighted by Gasteiger charge is 2.00. The molecule has 0 aliphatic carbocycles. The predicted molar refractivity (Wildman–Crippen MR) is 47.6 cm³/mol. The monoisotopic (exact) mass is 169 g/mol. The summed E-state index contributed by atoms with van der Waals surface area (Å²) in [6, 6.07) is 9.65. The summed E-state index contributed by atoms with van der Waals surface area (Å²) < 4.78 is 0. The van der Waals surface area contributed by atoms with Crippen LogP contribution in [0, 0.1) is 0 Å². The van der Waals surface area contributed by atoms with Crippen LogP contribution in [0.15, 0.2) is 30.3 Å². The summed E-state index contributed by atoms with van der Waals surface area (Å²) >= 11 is 10.4. The van der Waals surface area contributed by atoms with Gasteiger partial charge >= 0.3 is 0 Å². The van der Waals surface area contributed by atoms with Gasteiger partial charge in [0.05, 0.1) is 10.7 Å². The first-order valence-electron chi connectivity index (χ1n) is 2.91. The van der Waals surface area contributed by atoms with Crippen molar-refractivity contribution >= 4 is 29.2 Å². The number of hydrogen-bond acceptors (Lipinski definition) is 1. The molecule has 0 heterocycles. The van der Waals surface area contributed by atoms with Crippen LogP contribution < -0.4 is 0 Å². The number of thiocarbonyl (C=S) groups is 1. The van der Waals surface area contributed by atoms with Crippen molar-refractivity contribution in [1.29, 1.82) is 0 Å². The van der Waals surface area contributed by atoms with Gasteiger partial charge in [0.1, 0.15) is 0 Å². The van der Waals surface area contributed by atoms with Crippen LogP contribution in [-0.2, 0) is 0 Å². The van der Waals surface area contributed by atoms with E-state index in [4.69, 9.17) is 11.6 Å². The molecule has 0 amide bonds. The minimum absolute atomic E-state index is 0.254. The van der Waals surface area contributed by atoms with Crippen LogP contribution >= 0.6 is 23.8 Å². The van der Waals surface area contributed by atoms with E-state index < -0.39 is 0 Å². The maximum absolute atomic E-state index is 5.78. The fourth-order valence-electron chi connectivity index (χ4n) is 0.690. The van der Waals surface area contributed by atoms with E-state index in [2.05, 4.69) is 17.6 Å². The summed E-state index contributed by atoms with van der Waals surface area (Å²) in [4.78, 5) is 0. The molecule has 0 N–H and O–H groups in total. The fraction of sp³-hybridized carbons (Fsp3) is 0.125. The Kier molecular flexibility index (Phi) is 2.84. The van der Waals surface area contributed by atoms with Crippen molar-refractivity contribution in [3.8, 4) is 0 Å². The molecule has 1 aromatic carbocycles. The molecule has 0 nitrogen and oxygen atoms in total. The van der Waals surface area contributed by atoms with Crippen molar-refractivity contribution < 1.29 is 0 Å². The Morgan fingerprint density at radius 3 is 2.40 bits per heavy atom. The summed E-state index contributed by atoms with van der Waals surface area (Å²) in [5.41, 5.74) is 0.999. The minimum atomic E-state index is -0.254. The molecule has 0 spiro atoms. The molecule has 0 fully saturated rings. The van der Waals surface area contributed by atoms with Gasteiger partial charge in [-0.1, -0.05) is 42.5 Å². The molecule has 0 aromatic heterocycles. The highest BCUT2D eigenvalue weighted by atomic mass is 35.5. The van der Waals surface area contributed by atoms with Crippen molar-refractivity contribution in [3.63, 3.8) is 0 Å². The Bertz CT molecular complexity index is 208. The number of benzene rings is 1. The maximum atomic E-state index is 5.78. The van der Waals surface area contributed by atoms with E-state index in [0.29, 0.717) is 0 Å². The molecule has 0 aliphatic heterocycles. The molecule has 51 valence electrons. The van der Waals surface area contributed by atoms with Crippen molar-refractivity contribution in [3.05, 3.63) is 35.9 Å². The molecule has 0 bridgehead atoms. The van der Waals surface area contributed by atoms with Crippen molar-refractivity contribution in [2.45, 2.75) is 5.38 Å². The number of rotatable bonds is 2. The van der Waals surface area contributed by atoms with Gasteiger partial charge in [-0.2, -0.15) is 0 Å². The first-order chi connectivity index (χ1) is 4.84. The van der Waals surface area contributed by atoms with Gasteiger partial charge in [0, 0.05) is 0 Å². The van der Waals surface area contributed by atoms with E-state index in [9.17, 15) is 0 Å². The lowest BCUT2D eigenvalue weighted by Gasteiger charge is -1.99. The van der Waals surface area contributed by atoms with E-state index in [0.717, 1.165) is 5.56 Å². The van der Waals surface area contributed by atoms with Crippen molar-refractivity contribution in [2.75, 3.05) is 0 Å². The molecular formula is C8H6ClS. The third-order valence-electron chi connectivity index (χ3n) is 1.20.